The first-order valence-electron chi connectivity index (χ1n) is 9.65. The lowest BCUT2D eigenvalue weighted by atomic mass is 9.87. The molecular formula is C18H31N2O7P. The Balaban J connectivity index is 2.21. The smallest absolute Gasteiger partial charge is 0.331 e. The van der Waals surface area contributed by atoms with E-state index >= 15 is 0 Å². The second-order valence-corrected chi connectivity index (χ2v) is 10.2. The van der Waals surface area contributed by atoms with Crippen LogP contribution in [0.4, 0.5) is 0 Å². The fourth-order valence-corrected chi connectivity index (χ4v) is 5.18. The van der Waals surface area contributed by atoms with Crippen molar-refractivity contribution < 1.29 is 24.2 Å². The molecule has 0 radical (unpaired) electrons. The highest BCUT2D eigenvalue weighted by atomic mass is 31.2. The van der Waals surface area contributed by atoms with Crippen molar-refractivity contribution in [3.05, 3.63) is 33.1 Å². The van der Waals surface area contributed by atoms with Crippen LogP contribution in [0.15, 0.2) is 21.9 Å². The van der Waals surface area contributed by atoms with Crippen LogP contribution in [0, 0.1) is 5.92 Å². The number of rotatable bonds is 8. The van der Waals surface area contributed by atoms with Crippen molar-refractivity contribution in [3.63, 3.8) is 0 Å². The van der Waals surface area contributed by atoms with Crippen molar-refractivity contribution in [1.82, 2.24) is 9.55 Å². The van der Waals surface area contributed by atoms with Gasteiger partial charge in [0.05, 0.1) is 23.4 Å². The Kier molecular flexibility index (Phi) is 7.10. The topological polar surface area (TPSA) is 142 Å². The quantitative estimate of drug-likeness (QED) is 0.467. The fourth-order valence-electron chi connectivity index (χ4n) is 3.70. The molecule has 1 heterocycles. The van der Waals surface area contributed by atoms with Crippen molar-refractivity contribution in [2.45, 2.75) is 82.9 Å². The Morgan fingerprint density at radius 1 is 1.36 bits per heavy atom. The molecule has 7 atom stereocenters. The lowest BCUT2D eigenvalue weighted by Crippen LogP contribution is -2.37. The lowest BCUT2D eigenvalue weighted by molar-refractivity contribution is -0.0198. The average molecular weight is 418 g/mol. The number of nitrogens with one attached hydrogen (secondary N) is 1. The van der Waals surface area contributed by atoms with Crippen LogP contribution in [-0.2, 0) is 9.09 Å². The van der Waals surface area contributed by atoms with Crippen LogP contribution in [0.1, 0.15) is 59.4 Å². The number of H-pyrrole nitrogens is 1. The summed E-state index contributed by atoms with van der Waals surface area (Å²) >= 11 is 0. The van der Waals surface area contributed by atoms with Gasteiger partial charge < -0.3 is 19.6 Å². The molecular weight excluding hydrogens is 387 g/mol. The summed E-state index contributed by atoms with van der Waals surface area (Å²) in [5, 5.41) is 21.0. The molecule has 0 bridgehead atoms. The fraction of sp³-hybridized carbons (Fsp3) is 0.778. The summed E-state index contributed by atoms with van der Waals surface area (Å²) in [6, 6.07) is 0.474. The Bertz CT molecular complexity index is 838. The van der Waals surface area contributed by atoms with Gasteiger partial charge in [0.2, 0.25) is 0 Å². The van der Waals surface area contributed by atoms with Gasteiger partial charge in [-0.15, -0.1) is 0 Å². The number of aromatic amines is 1. The molecule has 1 aromatic heterocycles. The summed E-state index contributed by atoms with van der Waals surface area (Å²) in [7, 11) is -3.84. The molecule has 1 fully saturated rings. The number of aliphatic hydroxyl groups is 2. The maximum absolute atomic E-state index is 12.5. The van der Waals surface area contributed by atoms with Gasteiger partial charge in [-0.05, 0) is 38.5 Å². The molecule has 1 aliphatic rings. The minimum Gasteiger partial charge on any atom is -0.390 e. The maximum Gasteiger partial charge on any atom is 0.331 e. The molecule has 1 aliphatic carbocycles. The Labute approximate surface area is 163 Å². The highest BCUT2D eigenvalue weighted by Gasteiger charge is 2.47. The summed E-state index contributed by atoms with van der Waals surface area (Å²) in [6.45, 7) is 7.02. The lowest BCUT2D eigenvalue weighted by Gasteiger charge is -2.35. The molecule has 0 amide bonds. The molecule has 28 heavy (non-hydrogen) atoms. The van der Waals surface area contributed by atoms with E-state index in [1.54, 1.807) is 13.8 Å². The van der Waals surface area contributed by atoms with E-state index in [1.807, 2.05) is 13.8 Å². The van der Waals surface area contributed by atoms with Crippen molar-refractivity contribution in [1.29, 1.82) is 0 Å². The summed E-state index contributed by atoms with van der Waals surface area (Å²) in [4.78, 5) is 35.7. The first-order chi connectivity index (χ1) is 12.9. The molecule has 0 saturated heterocycles. The van der Waals surface area contributed by atoms with Gasteiger partial charge in [0, 0.05) is 12.3 Å². The van der Waals surface area contributed by atoms with E-state index < -0.39 is 54.3 Å². The molecule has 0 aliphatic heterocycles. The number of aromatic nitrogens is 2. The van der Waals surface area contributed by atoms with Gasteiger partial charge in [0.1, 0.15) is 6.10 Å². The van der Waals surface area contributed by atoms with E-state index in [9.17, 15) is 29.3 Å². The van der Waals surface area contributed by atoms with Crippen molar-refractivity contribution in [2.75, 3.05) is 0 Å². The summed E-state index contributed by atoms with van der Waals surface area (Å²) in [6.07, 6.45) is 0.422. The van der Waals surface area contributed by atoms with E-state index in [1.165, 1.54) is 16.8 Å². The Morgan fingerprint density at radius 2 is 2.00 bits per heavy atom. The summed E-state index contributed by atoms with van der Waals surface area (Å²) < 4.78 is 19.4. The van der Waals surface area contributed by atoms with Crippen molar-refractivity contribution >= 4 is 7.60 Å². The van der Waals surface area contributed by atoms with E-state index in [0.29, 0.717) is 12.8 Å². The molecule has 0 spiro atoms. The van der Waals surface area contributed by atoms with E-state index in [0.717, 1.165) is 0 Å². The van der Waals surface area contributed by atoms with Gasteiger partial charge in [-0.2, -0.15) is 0 Å². The minimum absolute atomic E-state index is 0.247. The third kappa shape index (κ3) is 4.83. The first kappa shape index (κ1) is 23.0. The molecule has 2 rings (SSSR count). The van der Waals surface area contributed by atoms with Crippen LogP contribution in [0.25, 0.3) is 0 Å². The minimum atomic E-state index is -3.84. The SMILES string of the molecule is CCC(C)P(=O)(O)OC(C)(CC)CC1C[C@@H](n2ccc(=O)[nH]c2=O)[C@H](O)[C@@H]1O. The average Bonchev–Trinajstić information content (AvgIpc) is 2.88. The van der Waals surface area contributed by atoms with Gasteiger partial charge in [-0.3, -0.25) is 18.9 Å². The van der Waals surface area contributed by atoms with Crippen LogP contribution in [0.5, 0.6) is 0 Å². The molecule has 0 aromatic carbocycles. The first-order valence-corrected chi connectivity index (χ1v) is 11.3. The van der Waals surface area contributed by atoms with E-state index in [-0.39, 0.29) is 12.8 Å². The normalized spacial score (nSPS) is 30.5. The predicted molar refractivity (Wildman–Crippen MR) is 104 cm³/mol. The molecule has 4 unspecified atom stereocenters. The monoisotopic (exact) mass is 418 g/mol. The maximum atomic E-state index is 12.5. The zero-order chi connectivity index (χ0) is 21.3. The third-order valence-corrected chi connectivity index (χ3v) is 8.10. The summed E-state index contributed by atoms with van der Waals surface area (Å²) in [5.41, 5.74) is -2.67. The van der Waals surface area contributed by atoms with Crippen LogP contribution in [0.3, 0.4) is 0 Å². The molecule has 160 valence electrons. The molecule has 1 saturated carbocycles. The second kappa shape index (κ2) is 8.63. The highest BCUT2D eigenvalue weighted by Crippen LogP contribution is 2.54. The van der Waals surface area contributed by atoms with Gasteiger partial charge in [-0.25, -0.2) is 4.79 Å². The third-order valence-electron chi connectivity index (χ3n) is 5.92. The Morgan fingerprint density at radius 3 is 2.54 bits per heavy atom. The standard InChI is InChI=1S/C18H31N2O7P/c1-5-11(3)28(25,26)27-18(4,6-2)10-12-9-13(16(23)15(12)22)20-8-7-14(21)19-17(20)24/h7-8,11-13,15-16,22-23H,5-6,9-10H2,1-4H3,(H,25,26)(H,19,21,24)/t11?,12?,13-,15-,16+,18?/m1/s1. The zero-order valence-electron chi connectivity index (χ0n) is 16.7. The van der Waals surface area contributed by atoms with E-state index in [4.69, 9.17) is 4.52 Å². The second-order valence-electron chi connectivity index (χ2n) is 7.98. The predicted octanol–water partition coefficient (Wildman–Crippen LogP) is 1.38. The Hall–Kier alpha value is -1.25. The highest BCUT2D eigenvalue weighted by molar-refractivity contribution is 7.53. The van der Waals surface area contributed by atoms with Crippen LogP contribution >= 0.6 is 7.60 Å². The van der Waals surface area contributed by atoms with Gasteiger partial charge >= 0.3 is 13.3 Å². The molecule has 4 N–H and O–H groups in total. The van der Waals surface area contributed by atoms with Crippen LogP contribution < -0.4 is 11.2 Å². The number of nitrogens with zero attached hydrogens (tertiary/aromatic N) is 1. The molecule has 10 heteroatoms. The number of aliphatic hydroxyl groups excluding tert-OH is 2. The van der Waals surface area contributed by atoms with Gasteiger partial charge in [0.15, 0.2) is 0 Å². The molecule has 1 aromatic rings. The van der Waals surface area contributed by atoms with Gasteiger partial charge in [-0.1, -0.05) is 20.8 Å². The zero-order valence-corrected chi connectivity index (χ0v) is 17.6. The van der Waals surface area contributed by atoms with Crippen LogP contribution in [0.2, 0.25) is 0 Å². The van der Waals surface area contributed by atoms with Crippen molar-refractivity contribution in [3.8, 4) is 0 Å². The van der Waals surface area contributed by atoms with E-state index in [2.05, 4.69) is 4.98 Å². The summed E-state index contributed by atoms with van der Waals surface area (Å²) in [5.74, 6) is -0.444. The number of hydrogen-bond acceptors (Lipinski definition) is 6. The number of hydrogen-bond donors (Lipinski definition) is 4. The van der Waals surface area contributed by atoms with Crippen LogP contribution in [-0.4, -0.2) is 48.1 Å². The van der Waals surface area contributed by atoms with Crippen molar-refractivity contribution in [2.24, 2.45) is 5.92 Å². The molecule has 9 nitrogen and oxygen atoms in total. The largest absolute Gasteiger partial charge is 0.390 e. The van der Waals surface area contributed by atoms with Gasteiger partial charge in [0.25, 0.3) is 5.56 Å².